The first kappa shape index (κ1) is 13.6. The number of carbonyl (C=O) groups excluding carboxylic acids is 1. The van der Waals surface area contributed by atoms with E-state index in [1.54, 1.807) is 6.07 Å². The summed E-state index contributed by atoms with van der Waals surface area (Å²) >= 11 is 0. The SMILES string of the molecule is CCN(CC(=O)O)C1CC(NC(=O)c2ccoc2)C1. The Balaban J connectivity index is 1.76. The molecule has 1 amide bonds. The highest BCUT2D eigenvalue weighted by Crippen LogP contribution is 2.25. The number of nitrogens with one attached hydrogen (secondary N) is 1. The second kappa shape index (κ2) is 5.88. The van der Waals surface area contributed by atoms with Crippen molar-refractivity contribution in [1.29, 1.82) is 0 Å². The summed E-state index contributed by atoms with van der Waals surface area (Å²) in [4.78, 5) is 24.4. The molecule has 0 aromatic carbocycles. The van der Waals surface area contributed by atoms with E-state index in [-0.39, 0.29) is 24.5 Å². The summed E-state index contributed by atoms with van der Waals surface area (Å²) in [5.74, 6) is -0.953. The summed E-state index contributed by atoms with van der Waals surface area (Å²) in [6.45, 7) is 2.71. The van der Waals surface area contributed by atoms with Crippen LogP contribution >= 0.6 is 0 Å². The smallest absolute Gasteiger partial charge is 0.317 e. The van der Waals surface area contributed by atoms with Gasteiger partial charge in [-0.1, -0.05) is 6.92 Å². The number of carboxylic acid groups (broad SMARTS) is 1. The second-order valence-electron chi connectivity index (χ2n) is 4.76. The summed E-state index contributed by atoms with van der Waals surface area (Å²) in [6, 6.07) is 1.99. The van der Waals surface area contributed by atoms with Crippen molar-refractivity contribution in [2.45, 2.75) is 31.8 Å². The molecule has 104 valence electrons. The molecule has 1 aliphatic carbocycles. The standard InChI is InChI=1S/C13H18N2O4/c1-2-15(7-12(16)17)11-5-10(6-11)14-13(18)9-3-4-19-8-9/h3-4,8,10-11H,2,5-7H2,1H3,(H,14,18)(H,16,17). The van der Waals surface area contributed by atoms with Crippen LogP contribution in [0, 0.1) is 0 Å². The molecule has 0 aliphatic heterocycles. The quantitative estimate of drug-likeness (QED) is 0.801. The van der Waals surface area contributed by atoms with Gasteiger partial charge in [-0.2, -0.15) is 0 Å². The fourth-order valence-corrected chi connectivity index (χ4v) is 2.34. The number of furan rings is 1. The third-order valence-electron chi connectivity index (χ3n) is 3.49. The van der Waals surface area contributed by atoms with Crippen LogP contribution in [0.1, 0.15) is 30.1 Å². The van der Waals surface area contributed by atoms with E-state index < -0.39 is 5.97 Å². The normalized spacial score (nSPS) is 22.0. The van der Waals surface area contributed by atoms with Crippen molar-refractivity contribution >= 4 is 11.9 Å². The molecule has 19 heavy (non-hydrogen) atoms. The zero-order valence-electron chi connectivity index (χ0n) is 10.8. The summed E-state index contributed by atoms with van der Waals surface area (Å²) in [5.41, 5.74) is 0.515. The first-order chi connectivity index (χ1) is 9.10. The number of rotatable bonds is 6. The maximum absolute atomic E-state index is 11.8. The number of amides is 1. The number of carbonyl (C=O) groups is 2. The fraction of sp³-hybridized carbons (Fsp3) is 0.538. The Morgan fingerprint density at radius 3 is 2.79 bits per heavy atom. The monoisotopic (exact) mass is 266 g/mol. The molecule has 1 fully saturated rings. The van der Waals surface area contributed by atoms with Crippen LogP contribution in [-0.2, 0) is 4.79 Å². The minimum absolute atomic E-state index is 0.0591. The van der Waals surface area contributed by atoms with Crippen molar-refractivity contribution < 1.29 is 19.1 Å². The van der Waals surface area contributed by atoms with Gasteiger partial charge in [0.05, 0.1) is 18.4 Å². The largest absolute Gasteiger partial charge is 0.480 e. The third-order valence-corrected chi connectivity index (χ3v) is 3.49. The zero-order valence-corrected chi connectivity index (χ0v) is 10.8. The number of likely N-dealkylation sites (N-methyl/N-ethyl adjacent to an activating group) is 1. The lowest BCUT2D eigenvalue weighted by Crippen LogP contribution is -2.54. The van der Waals surface area contributed by atoms with Crippen LogP contribution in [0.2, 0.25) is 0 Å². The molecule has 2 rings (SSSR count). The molecule has 1 heterocycles. The minimum atomic E-state index is -0.812. The second-order valence-corrected chi connectivity index (χ2v) is 4.76. The van der Waals surface area contributed by atoms with Gasteiger partial charge in [0, 0.05) is 12.1 Å². The Morgan fingerprint density at radius 2 is 2.26 bits per heavy atom. The Hall–Kier alpha value is -1.82. The van der Waals surface area contributed by atoms with E-state index in [2.05, 4.69) is 5.32 Å². The van der Waals surface area contributed by atoms with Crippen LogP contribution < -0.4 is 5.32 Å². The topological polar surface area (TPSA) is 82.8 Å². The molecule has 1 aliphatic rings. The summed E-state index contributed by atoms with van der Waals surface area (Å²) in [6.07, 6.45) is 4.47. The number of nitrogens with zero attached hydrogens (tertiary/aromatic N) is 1. The zero-order chi connectivity index (χ0) is 13.8. The number of aliphatic carboxylic acids is 1. The van der Waals surface area contributed by atoms with E-state index in [1.807, 2.05) is 11.8 Å². The van der Waals surface area contributed by atoms with Gasteiger partial charge in [-0.15, -0.1) is 0 Å². The highest BCUT2D eigenvalue weighted by Gasteiger charge is 2.34. The molecule has 0 unspecified atom stereocenters. The maximum Gasteiger partial charge on any atom is 0.317 e. The van der Waals surface area contributed by atoms with E-state index >= 15 is 0 Å². The molecular weight excluding hydrogens is 248 g/mol. The van der Waals surface area contributed by atoms with Crippen LogP contribution in [-0.4, -0.2) is 47.1 Å². The highest BCUT2D eigenvalue weighted by atomic mass is 16.4. The van der Waals surface area contributed by atoms with Gasteiger partial charge in [0.1, 0.15) is 6.26 Å². The number of hydrogen-bond donors (Lipinski definition) is 2. The van der Waals surface area contributed by atoms with Crippen molar-refractivity contribution in [3.63, 3.8) is 0 Å². The highest BCUT2D eigenvalue weighted by molar-refractivity contribution is 5.94. The van der Waals surface area contributed by atoms with Crippen molar-refractivity contribution in [3.05, 3.63) is 24.2 Å². The van der Waals surface area contributed by atoms with E-state index in [9.17, 15) is 9.59 Å². The lowest BCUT2D eigenvalue weighted by Gasteiger charge is -2.42. The molecule has 0 bridgehead atoms. The molecule has 1 aromatic heterocycles. The molecule has 2 N–H and O–H groups in total. The Morgan fingerprint density at radius 1 is 1.53 bits per heavy atom. The van der Waals surface area contributed by atoms with Gasteiger partial charge < -0.3 is 14.8 Å². The van der Waals surface area contributed by atoms with Crippen LogP contribution in [0.25, 0.3) is 0 Å². The predicted molar refractivity (Wildman–Crippen MR) is 67.9 cm³/mol. The van der Waals surface area contributed by atoms with Crippen molar-refractivity contribution in [2.24, 2.45) is 0 Å². The van der Waals surface area contributed by atoms with Crippen LogP contribution in [0.5, 0.6) is 0 Å². The third kappa shape index (κ3) is 3.35. The van der Waals surface area contributed by atoms with Gasteiger partial charge in [-0.25, -0.2) is 0 Å². The first-order valence-electron chi connectivity index (χ1n) is 6.39. The van der Waals surface area contributed by atoms with Crippen LogP contribution in [0.4, 0.5) is 0 Å². The van der Waals surface area contributed by atoms with Gasteiger partial charge in [0.2, 0.25) is 0 Å². The van der Waals surface area contributed by atoms with Crippen molar-refractivity contribution in [1.82, 2.24) is 10.2 Å². The summed E-state index contributed by atoms with van der Waals surface area (Å²) in [5, 5.41) is 11.7. The van der Waals surface area contributed by atoms with E-state index in [4.69, 9.17) is 9.52 Å². The van der Waals surface area contributed by atoms with Gasteiger partial charge >= 0.3 is 5.97 Å². The summed E-state index contributed by atoms with van der Waals surface area (Å²) in [7, 11) is 0. The molecule has 1 aromatic rings. The molecule has 6 nitrogen and oxygen atoms in total. The molecule has 0 saturated heterocycles. The van der Waals surface area contributed by atoms with E-state index in [1.165, 1.54) is 12.5 Å². The molecule has 0 radical (unpaired) electrons. The van der Waals surface area contributed by atoms with Gasteiger partial charge in [0.25, 0.3) is 5.91 Å². The first-order valence-corrected chi connectivity index (χ1v) is 6.39. The maximum atomic E-state index is 11.8. The van der Waals surface area contributed by atoms with Crippen molar-refractivity contribution in [2.75, 3.05) is 13.1 Å². The molecule has 1 saturated carbocycles. The Bertz CT molecular complexity index is 438. The van der Waals surface area contributed by atoms with E-state index in [0.717, 1.165) is 12.8 Å². The molecule has 6 heteroatoms. The number of carboxylic acids is 1. The van der Waals surface area contributed by atoms with E-state index in [0.29, 0.717) is 12.1 Å². The average Bonchev–Trinajstić information content (AvgIpc) is 2.83. The van der Waals surface area contributed by atoms with Crippen LogP contribution in [0.3, 0.4) is 0 Å². The van der Waals surface area contributed by atoms with Gasteiger partial charge in [-0.05, 0) is 25.5 Å². The minimum Gasteiger partial charge on any atom is -0.480 e. The molecule has 0 spiro atoms. The Kier molecular flexibility index (Phi) is 4.21. The van der Waals surface area contributed by atoms with Crippen molar-refractivity contribution in [3.8, 4) is 0 Å². The fourth-order valence-electron chi connectivity index (χ4n) is 2.34. The predicted octanol–water partition coefficient (Wildman–Crippen LogP) is 0.947. The lowest BCUT2D eigenvalue weighted by atomic mass is 9.85. The van der Waals surface area contributed by atoms with Gasteiger partial charge in [-0.3, -0.25) is 14.5 Å². The molecule has 0 atom stereocenters. The Labute approximate surface area is 111 Å². The summed E-state index contributed by atoms with van der Waals surface area (Å²) < 4.78 is 4.86. The average molecular weight is 266 g/mol. The van der Waals surface area contributed by atoms with Crippen LogP contribution in [0.15, 0.2) is 23.0 Å². The lowest BCUT2D eigenvalue weighted by molar-refractivity contribution is -0.139. The molecular formula is C13H18N2O4. The number of hydrogen-bond acceptors (Lipinski definition) is 4. The van der Waals surface area contributed by atoms with Gasteiger partial charge in [0.15, 0.2) is 0 Å².